The van der Waals surface area contributed by atoms with Crippen LogP contribution >= 0.6 is 11.6 Å². The molecular weight excluding hydrogens is 490 g/mol. The first kappa shape index (κ1) is 27.2. The normalized spacial score (nSPS) is 16.2. The number of ether oxygens (including phenoxy) is 3. The van der Waals surface area contributed by atoms with Crippen molar-refractivity contribution in [3.63, 3.8) is 0 Å². The summed E-state index contributed by atoms with van der Waals surface area (Å²) in [4.78, 5) is 20.5. The molecule has 7 nitrogen and oxygen atoms in total. The predicted octanol–water partition coefficient (Wildman–Crippen LogP) is 5.49. The molecule has 1 amide bonds. The zero-order valence-corrected chi connectivity index (χ0v) is 22.6. The van der Waals surface area contributed by atoms with E-state index in [-0.39, 0.29) is 11.9 Å². The number of nitrogens with zero attached hydrogens (tertiary/aromatic N) is 2. The van der Waals surface area contributed by atoms with Gasteiger partial charge < -0.3 is 19.5 Å². The van der Waals surface area contributed by atoms with E-state index in [0.29, 0.717) is 53.6 Å². The molecule has 0 bridgehead atoms. The second-order valence-corrected chi connectivity index (χ2v) is 10.1. The molecule has 1 aromatic heterocycles. The summed E-state index contributed by atoms with van der Waals surface area (Å²) in [5, 5.41) is 4.64. The minimum absolute atomic E-state index is 0.0848. The third kappa shape index (κ3) is 7.34. The van der Waals surface area contributed by atoms with Gasteiger partial charge in [0.25, 0.3) is 5.91 Å². The fourth-order valence-electron chi connectivity index (χ4n) is 4.57. The molecular formula is C29H36ClN3O4. The van der Waals surface area contributed by atoms with Crippen molar-refractivity contribution in [3.8, 4) is 11.5 Å². The molecule has 198 valence electrons. The molecule has 4 rings (SSSR count). The number of carbonyl (C=O) groups excluding carboxylic acids is 1. The van der Waals surface area contributed by atoms with Crippen LogP contribution in [0, 0.1) is 0 Å². The Morgan fingerprint density at radius 1 is 1.14 bits per heavy atom. The van der Waals surface area contributed by atoms with Gasteiger partial charge in [0.1, 0.15) is 29.3 Å². The highest BCUT2D eigenvalue weighted by Gasteiger charge is 2.24. The number of halogens is 1. The van der Waals surface area contributed by atoms with Crippen molar-refractivity contribution in [1.29, 1.82) is 0 Å². The smallest absolute Gasteiger partial charge is 0.270 e. The number of methoxy groups -OCH3 is 1. The molecule has 0 unspecified atom stereocenters. The summed E-state index contributed by atoms with van der Waals surface area (Å²) in [5.41, 5.74) is 1.85. The monoisotopic (exact) mass is 525 g/mol. The molecule has 8 heteroatoms. The van der Waals surface area contributed by atoms with Gasteiger partial charge in [-0.25, -0.2) is 4.98 Å². The molecule has 0 saturated carbocycles. The molecule has 1 fully saturated rings. The minimum Gasteiger partial charge on any atom is -0.493 e. The van der Waals surface area contributed by atoms with Gasteiger partial charge in [-0.15, -0.1) is 0 Å². The summed E-state index contributed by atoms with van der Waals surface area (Å²) in [6.07, 6.45) is 2.75. The number of amides is 1. The first-order chi connectivity index (χ1) is 17.9. The van der Waals surface area contributed by atoms with Gasteiger partial charge in [0.2, 0.25) is 0 Å². The number of carbonyl (C=O) groups is 1. The van der Waals surface area contributed by atoms with E-state index in [1.165, 1.54) is 0 Å². The number of benzene rings is 2. The lowest BCUT2D eigenvalue weighted by Crippen LogP contribution is -2.49. The maximum absolute atomic E-state index is 13.4. The van der Waals surface area contributed by atoms with Gasteiger partial charge in [0.05, 0.1) is 6.61 Å². The van der Waals surface area contributed by atoms with Gasteiger partial charge in [-0.2, -0.15) is 0 Å². The van der Waals surface area contributed by atoms with Crippen LogP contribution in [0.2, 0.25) is 5.02 Å². The standard InChI is InChI=1S/C29H36ClN3O4/c1-20(2)33-13-6-10-23(18-33)31-29(34)25-17-27(36-15-7-14-35-3)24-11-5-12-26(28(24)32-25)37-19-21-8-4-9-22(30)16-21/h4-5,8-9,11-12,16-17,20,23H,6-7,10,13-15,18-19H2,1-3H3,(H,31,34)/t23-/m1/s1. The summed E-state index contributed by atoms with van der Waals surface area (Å²) in [6.45, 7) is 7.66. The van der Waals surface area contributed by atoms with E-state index in [1.54, 1.807) is 13.2 Å². The first-order valence-electron chi connectivity index (χ1n) is 12.9. The minimum atomic E-state index is -0.205. The Balaban J connectivity index is 1.60. The number of para-hydroxylation sites is 1. The molecule has 37 heavy (non-hydrogen) atoms. The van der Waals surface area contributed by atoms with E-state index in [1.807, 2.05) is 42.5 Å². The van der Waals surface area contributed by atoms with E-state index in [0.717, 1.165) is 43.3 Å². The Labute approximate surface area is 224 Å². The number of fused-ring (bicyclic) bond motifs is 1. The number of hydrogen-bond acceptors (Lipinski definition) is 6. The molecule has 0 aliphatic carbocycles. The van der Waals surface area contributed by atoms with Gasteiger partial charge >= 0.3 is 0 Å². The fraction of sp³-hybridized carbons (Fsp3) is 0.448. The summed E-state index contributed by atoms with van der Waals surface area (Å²) < 4.78 is 17.4. The zero-order chi connectivity index (χ0) is 26.2. The SMILES string of the molecule is COCCCOc1cc(C(=O)N[C@@H]2CCCN(C(C)C)C2)nc2c(OCc3cccc(Cl)c3)cccc12. The van der Waals surface area contributed by atoms with Crippen LogP contribution in [0.3, 0.4) is 0 Å². The topological polar surface area (TPSA) is 72.9 Å². The fourth-order valence-corrected chi connectivity index (χ4v) is 4.78. The molecule has 1 atom stereocenters. The summed E-state index contributed by atoms with van der Waals surface area (Å²) in [7, 11) is 1.67. The van der Waals surface area contributed by atoms with E-state index in [4.69, 9.17) is 30.8 Å². The highest BCUT2D eigenvalue weighted by Crippen LogP contribution is 2.32. The van der Waals surface area contributed by atoms with Crippen LogP contribution in [0.15, 0.2) is 48.5 Å². The van der Waals surface area contributed by atoms with Crippen LogP contribution in [0.4, 0.5) is 0 Å². The van der Waals surface area contributed by atoms with Crippen molar-refractivity contribution in [2.45, 2.75) is 51.8 Å². The molecule has 1 aliphatic rings. The van der Waals surface area contributed by atoms with Crippen molar-refractivity contribution in [3.05, 3.63) is 64.8 Å². The molecule has 0 spiro atoms. The van der Waals surface area contributed by atoms with Crippen LogP contribution in [0.5, 0.6) is 11.5 Å². The van der Waals surface area contributed by atoms with Gasteiger partial charge in [0, 0.05) is 55.2 Å². The second-order valence-electron chi connectivity index (χ2n) is 9.67. The number of rotatable bonds is 11. The lowest BCUT2D eigenvalue weighted by molar-refractivity contribution is 0.0881. The molecule has 2 aromatic carbocycles. The van der Waals surface area contributed by atoms with Gasteiger partial charge in [-0.05, 0) is 63.1 Å². The second kappa shape index (κ2) is 13.1. The van der Waals surface area contributed by atoms with Crippen molar-refractivity contribution >= 4 is 28.4 Å². The first-order valence-corrected chi connectivity index (χ1v) is 13.3. The van der Waals surface area contributed by atoms with E-state index < -0.39 is 0 Å². The Morgan fingerprint density at radius 2 is 1.97 bits per heavy atom. The molecule has 1 aliphatic heterocycles. The lowest BCUT2D eigenvalue weighted by atomic mass is 10.0. The predicted molar refractivity (Wildman–Crippen MR) is 147 cm³/mol. The quantitative estimate of drug-likeness (QED) is 0.334. The van der Waals surface area contributed by atoms with Crippen molar-refractivity contribution in [1.82, 2.24) is 15.2 Å². The Morgan fingerprint density at radius 3 is 2.76 bits per heavy atom. The highest BCUT2D eigenvalue weighted by atomic mass is 35.5. The average molecular weight is 526 g/mol. The van der Waals surface area contributed by atoms with Crippen LogP contribution in [-0.2, 0) is 11.3 Å². The molecule has 1 saturated heterocycles. The van der Waals surface area contributed by atoms with Crippen LogP contribution in [0.25, 0.3) is 10.9 Å². The Bertz CT molecular complexity index is 1200. The maximum atomic E-state index is 13.4. The van der Waals surface area contributed by atoms with Crippen molar-refractivity contribution < 1.29 is 19.0 Å². The highest BCUT2D eigenvalue weighted by molar-refractivity contribution is 6.30. The third-order valence-corrected chi connectivity index (χ3v) is 6.78. The average Bonchev–Trinajstić information content (AvgIpc) is 2.90. The molecule has 0 radical (unpaired) electrons. The number of nitrogens with one attached hydrogen (secondary N) is 1. The third-order valence-electron chi connectivity index (χ3n) is 6.55. The van der Waals surface area contributed by atoms with E-state index >= 15 is 0 Å². The number of pyridine rings is 1. The molecule has 3 aromatic rings. The Kier molecular flexibility index (Phi) is 9.61. The van der Waals surface area contributed by atoms with Crippen molar-refractivity contribution in [2.24, 2.45) is 0 Å². The van der Waals surface area contributed by atoms with E-state index in [2.05, 4.69) is 24.1 Å². The van der Waals surface area contributed by atoms with Crippen molar-refractivity contribution in [2.75, 3.05) is 33.4 Å². The summed E-state index contributed by atoms with van der Waals surface area (Å²) in [5.74, 6) is 0.980. The van der Waals surface area contributed by atoms with Crippen LogP contribution in [-0.4, -0.2) is 61.3 Å². The van der Waals surface area contributed by atoms with Crippen LogP contribution < -0.4 is 14.8 Å². The molecule has 2 heterocycles. The zero-order valence-electron chi connectivity index (χ0n) is 21.8. The van der Waals surface area contributed by atoms with Gasteiger partial charge in [0.15, 0.2) is 0 Å². The lowest BCUT2D eigenvalue weighted by Gasteiger charge is -2.35. The summed E-state index contributed by atoms with van der Waals surface area (Å²) in [6, 6.07) is 15.5. The maximum Gasteiger partial charge on any atom is 0.270 e. The summed E-state index contributed by atoms with van der Waals surface area (Å²) >= 11 is 6.13. The van der Waals surface area contributed by atoms with E-state index in [9.17, 15) is 4.79 Å². The number of aromatic nitrogens is 1. The van der Waals surface area contributed by atoms with Crippen LogP contribution in [0.1, 0.15) is 49.2 Å². The number of likely N-dealkylation sites (tertiary alicyclic amines) is 1. The Hall–Kier alpha value is -2.87. The van der Waals surface area contributed by atoms with Gasteiger partial charge in [-0.3, -0.25) is 9.69 Å². The largest absolute Gasteiger partial charge is 0.493 e. The van der Waals surface area contributed by atoms with Gasteiger partial charge in [-0.1, -0.05) is 29.8 Å². The molecule has 1 N–H and O–H groups in total. The number of piperidine rings is 1. The number of hydrogen-bond donors (Lipinski definition) is 1.